The molecule has 0 amide bonds. The fraction of sp³-hybridized carbons (Fsp3) is 0.143. The van der Waals surface area contributed by atoms with Crippen LogP contribution in [-0.4, -0.2) is 17.6 Å². The van der Waals surface area contributed by atoms with Crippen LogP contribution >= 0.6 is 0 Å². The number of para-hydroxylation sites is 4. The molecule has 0 unspecified atom stereocenters. The predicted octanol–water partition coefficient (Wildman–Crippen LogP) is 14.0. The Kier molecular flexibility index (Phi) is 7.54. The van der Waals surface area contributed by atoms with Crippen LogP contribution < -0.4 is 15.0 Å². The Morgan fingerprint density at radius 2 is 1.31 bits per heavy atom. The molecule has 7 aromatic carbocycles. The Hall–Kier alpha value is -6.00. The molecule has 0 bridgehead atoms. The van der Waals surface area contributed by atoms with Gasteiger partial charge in [-0.3, -0.25) is 0 Å². The third-order valence-electron chi connectivity index (χ3n) is 11.1. The largest absolute Gasteiger partial charge is 0.493 e. The average Bonchev–Trinajstić information content (AvgIpc) is 3.92. The maximum atomic E-state index is 9.45. The van der Waals surface area contributed by atoms with Crippen molar-refractivity contribution in [2.45, 2.75) is 52.2 Å². The first-order valence-electron chi connectivity index (χ1n) is 26.7. The van der Waals surface area contributed by atoms with E-state index in [0.717, 1.165) is 49.5 Å². The Labute approximate surface area is 400 Å². The van der Waals surface area contributed by atoms with Crippen molar-refractivity contribution in [1.82, 2.24) is 9.55 Å². The van der Waals surface area contributed by atoms with Crippen molar-refractivity contribution < 1.29 is 38.9 Å². The number of nitrogens with zero attached hydrogens (tertiary/aromatic N) is 4. The monoisotopic (exact) mass is 1010 g/mol. The number of aromatic nitrogens is 2. The molecule has 2 aromatic heterocycles. The summed E-state index contributed by atoms with van der Waals surface area (Å²) in [6, 6.07) is 26.5. The van der Waals surface area contributed by atoms with Gasteiger partial charge >= 0.3 is 0 Å². The molecule has 4 nitrogen and oxygen atoms in total. The first kappa shape index (κ1) is 28.6. The van der Waals surface area contributed by atoms with Gasteiger partial charge in [0.15, 0.2) is 0 Å². The van der Waals surface area contributed by atoms with E-state index in [0.29, 0.717) is 23.5 Å². The Bertz CT molecular complexity index is 3690. The number of pyridine rings is 1. The van der Waals surface area contributed by atoms with E-state index in [-0.39, 0.29) is 43.3 Å². The van der Waals surface area contributed by atoms with Crippen molar-refractivity contribution in [3.8, 4) is 28.1 Å². The molecule has 9 aromatic rings. The maximum Gasteiger partial charge on any atom is 0.135 e. The van der Waals surface area contributed by atoms with E-state index in [4.69, 9.17) is 20.1 Å². The maximum absolute atomic E-state index is 9.45. The van der Waals surface area contributed by atoms with E-state index in [1.54, 1.807) is 23.7 Å². The van der Waals surface area contributed by atoms with Gasteiger partial charge in [0.2, 0.25) is 0 Å². The van der Waals surface area contributed by atoms with Crippen molar-refractivity contribution in [3.63, 3.8) is 0 Å². The summed E-state index contributed by atoms with van der Waals surface area (Å²) < 4.78 is 118. The van der Waals surface area contributed by atoms with Crippen LogP contribution in [0.3, 0.4) is 0 Å². The number of fused-ring (bicyclic) bond motifs is 4. The first-order valence-corrected chi connectivity index (χ1v) is 23.7. The molecular formula is C56H49N4PtSi-3. The van der Waals surface area contributed by atoms with Gasteiger partial charge in [0.25, 0.3) is 0 Å². The molecule has 62 heavy (non-hydrogen) atoms. The number of anilines is 4. The van der Waals surface area contributed by atoms with E-state index in [9.17, 15) is 2.74 Å². The molecule has 6 heteroatoms. The minimum absolute atomic E-state index is 0. The minimum Gasteiger partial charge on any atom is -0.493 e. The van der Waals surface area contributed by atoms with Crippen molar-refractivity contribution >= 4 is 57.8 Å². The molecule has 310 valence electrons. The summed E-state index contributed by atoms with van der Waals surface area (Å²) in [7, 11) is -2.11. The van der Waals surface area contributed by atoms with Gasteiger partial charge in [0.05, 0.1) is 25.9 Å². The zero-order valence-corrected chi connectivity index (χ0v) is 38.3. The number of hydrogen-bond donors (Lipinski definition) is 0. The normalized spacial score (nSPS) is 15.7. The van der Waals surface area contributed by atoms with E-state index < -0.39 is 97.8 Å². The van der Waals surface area contributed by atoms with Crippen molar-refractivity contribution in [1.29, 1.82) is 0 Å². The smallest absolute Gasteiger partial charge is 0.135 e. The third kappa shape index (κ3) is 7.63. The van der Waals surface area contributed by atoms with Gasteiger partial charge in [-0.2, -0.15) is 52.7 Å². The summed E-state index contributed by atoms with van der Waals surface area (Å²) in [5, 5.41) is 3.21. The summed E-state index contributed by atoms with van der Waals surface area (Å²) in [5.74, 6) is 0.788. The molecule has 0 aliphatic carbocycles. The van der Waals surface area contributed by atoms with Crippen molar-refractivity contribution in [2.24, 2.45) is 0 Å². The van der Waals surface area contributed by atoms with Gasteiger partial charge in [-0.25, -0.2) is 4.98 Å². The van der Waals surface area contributed by atoms with Crippen molar-refractivity contribution in [2.75, 3.05) is 9.80 Å². The second-order valence-electron chi connectivity index (χ2n) is 17.3. The van der Waals surface area contributed by atoms with Gasteiger partial charge in [-0.1, -0.05) is 155 Å². The topological polar surface area (TPSA) is 24.3 Å². The van der Waals surface area contributed by atoms with Gasteiger partial charge in [-0.05, 0) is 64.2 Å². The molecule has 1 aliphatic rings. The van der Waals surface area contributed by atoms with Crippen LogP contribution in [0.2, 0.25) is 19.6 Å². The minimum atomic E-state index is -2.11. The van der Waals surface area contributed by atoms with E-state index in [1.807, 2.05) is 41.4 Å². The van der Waals surface area contributed by atoms with Gasteiger partial charge < -0.3 is 14.4 Å². The summed E-state index contributed by atoms with van der Waals surface area (Å²) >= 11 is 0. The first-order chi connectivity index (χ1) is 34.9. The van der Waals surface area contributed by atoms with Crippen LogP contribution in [0, 0.1) is 18.8 Å². The molecule has 10 rings (SSSR count). The van der Waals surface area contributed by atoms with Crippen LogP contribution in [-0.2, 0) is 32.9 Å². The number of rotatable bonds is 8. The second-order valence-corrected chi connectivity index (χ2v) is 22.4. The van der Waals surface area contributed by atoms with Crippen LogP contribution in [0.5, 0.6) is 0 Å². The van der Waals surface area contributed by atoms with E-state index in [1.165, 1.54) is 0 Å². The van der Waals surface area contributed by atoms with Gasteiger partial charge in [0.1, 0.15) is 5.82 Å². The Balaban J connectivity index is 0.00000689. The fourth-order valence-electron chi connectivity index (χ4n) is 7.99. The SMILES string of the molecule is [2H]c1c([2H])c([2H])c(-c2c([2H])c([2H])c([2H])c(-c3c([2H])c([2H])c([2H])c([2H])c3[2H])c2N2[CH-]N(c3[c-]c(Cc4[c-]c5c(cc4)c4ccccc4n5-c4cc(C(C)(C)C)ccn4)cc([Si](C)(C)C)c3)c3ccccc32)c([2H])c1[2H].[Pt]. The molecule has 0 fully saturated rings. The average molecular weight is 1010 g/mol. The summed E-state index contributed by atoms with van der Waals surface area (Å²) in [6.07, 6.45) is 2.29. The summed E-state index contributed by atoms with van der Waals surface area (Å²) in [6.45, 7) is 14.9. The fourth-order valence-corrected chi connectivity index (χ4v) is 9.17. The molecule has 0 spiro atoms. The summed E-state index contributed by atoms with van der Waals surface area (Å²) in [5.41, 5.74) is 4.49. The molecule has 3 heterocycles. The zero-order valence-electron chi connectivity index (χ0n) is 48.0. The number of hydrogen-bond acceptors (Lipinski definition) is 3. The molecule has 0 N–H and O–H groups in total. The van der Waals surface area contributed by atoms with Gasteiger partial charge in [-0.15, -0.1) is 17.7 Å². The second kappa shape index (κ2) is 16.4. The number of benzene rings is 7. The molecule has 0 saturated carbocycles. The van der Waals surface area contributed by atoms with Gasteiger partial charge in [0, 0.05) is 61.0 Å². The third-order valence-corrected chi connectivity index (χ3v) is 13.1. The quantitative estimate of drug-likeness (QED) is 0.112. The molecule has 0 radical (unpaired) electrons. The van der Waals surface area contributed by atoms with Crippen LogP contribution in [0.1, 0.15) is 55.3 Å². The molecular weight excluding hydrogens is 952 g/mol. The van der Waals surface area contributed by atoms with Crippen LogP contribution in [0.25, 0.3) is 49.9 Å². The Morgan fingerprint density at radius 3 is 1.97 bits per heavy atom. The van der Waals surface area contributed by atoms with Crippen LogP contribution in [0.15, 0.2) is 170 Å². The molecule has 1 aliphatic heterocycles. The van der Waals surface area contributed by atoms with Crippen molar-refractivity contribution in [3.05, 3.63) is 205 Å². The summed E-state index contributed by atoms with van der Waals surface area (Å²) in [4.78, 5) is 8.27. The van der Waals surface area contributed by atoms with Crippen LogP contribution in [0.4, 0.5) is 22.7 Å². The molecule has 0 atom stereocenters. The van der Waals surface area contributed by atoms with E-state index >= 15 is 0 Å². The standard InChI is InChI=1S/C56H49N4Si.Pt/c1-56(2,3)43-30-31-57-54(36-43)60-50-25-14-13-22-48(50)49-29-28-39(35-53(49)60)32-40-33-44(37-45(34-40)61(4,5)6)58-38-59(52-27-16-15-26-51(52)58)55-46(41-18-9-7-10-19-41)23-17-24-47(55)42-20-11-8-12-21-42;/h7-31,34,36-38H,32H2,1-6H3;/q-3;/i7D,8D,9D,10D,11D,12D,17D,18D,19D,20D,21D,23D,24D;. The predicted molar refractivity (Wildman–Crippen MR) is 260 cm³/mol. The molecule has 0 saturated heterocycles. The Morgan fingerprint density at radius 1 is 0.661 bits per heavy atom. The van der Waals surface area contributed by atoms with E-state index in [2.05, 4.69) is 99.6 Å². The zero-order chi connectivity index (χ0) is 53.2.